The fourth-order valence-electron chi connectivity index (χ4n) is 2.62. The van der Waals surface area contributed by atoms with Crippen LogP contribution in [0.4, 0.5) is 28.4 Å². The van der Waals surface area contributed by atoms with Crippen molar-refractivity contribution in [2.24, 2.45) is 0 Å². The fraction of sp³-hybridized carbons (Fsp3) is 0. The number of hydrogen-bond donors (Lipinski definition) is 1. The number of nitrogens with zero attached hydrogens (tertiary/aromatic N) is 4. The third-order valence-corrected chi connectivity index (χ3v) is 3.87. The van der Waals surface area contributed by atoms with E-state index in [1.54, 1.807) is 66.7 Å². The van der Waals surface area contributed by atoms with Gasteiger partial charge in [0.25, 0.3) is 0 Å². The van der Waals surface area contributed by atoms with E-state index in [2.05, 4.69) is 5.43 Å². The van der Waals surface area contributed by atoms with Crippen LogP contribution in [0, 0.1) is 31.6 Å². The highest BCUT2D eigenvalue weighted by molar-refractivity contribution is 5.80. The number of nitro benzene ring substituents is 2. The summed E-state index contributed by atoms with van der Waals surface area (Å²) < 4.78 is 0. The highest BCUT2D eigenvalue weighted by atomic mass is 16.6. The number of hydrogen-bond acceptors (Lipinski definition) is 7. The first-order valence-corrected chi connectivity index (χ1v) is 8.05. The van der Waals surface area contributed by atoms with Gasteiger partial charge < -0.3 is 0 Å². The largest absolute Gasteiger partial charge is 0.302 e. The number of hydrazine groups is 1. The number of nitriles is 1. The van der Waals surface area contributed by atoms with E-state index in [4.69, 9.17) is 5.26 Å². The molecule has 0 amide bonds. The predicted molar refractivity (Wildman–Crippen MR) is 103 cm³/mol. The molecule has 9 nitrogen and oxygen atoms in total. The highest BCUT2D eigenvalue weighted by Gasteiger charge is 2.29. The molecule has 0 radical (unpaired) electrons. The molecule has 0 bridgehead atoms. The van der Waals surface area contributed by atoms with Gasteiger partial charge in [0.1, 0.15) is 0 Å². The summed E-state index contributed by atoms with van der Waals surface area (Å²) in [7, 11) is 0. The molecule has 0 unspecified atom stereocenters. The second-order valence-corrected chi connectivity index (χ2v) is 5.63. The molecule has 0 atom stereocenters. The third kappa shape index (κ3) is 3.71. The molecule has 1 N–H and O–H groups in total. The molecule has 3 aromatic rings. The van der Waals surface area contributed by atoms with E-state index < -0.39 is 21.2 Å². The summed E-state index contributed by atoms with van der Waals surface area (Å²) in [6.45, 7) is 0. The summed E-state index contributed by atoms with van der Waals surface area (Å²) in [5.74, 6) is 0. The van der Waals surface area contributed by atoms with Gasteiger partial charge in [-0.05, 0) is 24.3 Å². The lowest BCUT2D eigenvalue weighted by atomic mass is 10.1. The Bertz CT molecular complexity index is 990. The summed E-state index contributed by atoms with van der Waals surface area (Å²) in [6.07, 6.45) is 0. The molecule has 0 saturated carbocycles. The quantitative estimate of drug-likeness (QED) is 0.495. The number of para-hydroxylation sites is 2. The predicted octanol–water partition coefficient (Wildman–Crippen LogP) is 4.54. The Morgan fingerprint density at radius 2 is 1.25 bits per heavy atom. The number of nitro groups is 2. The SMILES string of the molecule is N#Cc1cc([N+](=O)[O-])c(NN(c2ccccc2)c2ccccc2)c([N+](=O)[O-])c1. The highest BCUT2D eigenvalue weighted by Crippen LogP contribution is 2.38. The molecule has 0 fully saturated rings. The van der Waals surface area contributed by atoms with Crippen LogP contribution in [0.3, 0.4) is 0 Å². The Labute approximate surface area is 159 Å². The zero-order valence-electron chi connectivity index (χ0n) is 14.4. The molecule has 0 aliphatic heterocycles. The summed E-state index contributed by atoms with van der Waals surface area (Å²) in [6, 6.07) is 21.4. The fourth-order valence-corrected chi connectivity index (χ4v) is 2.62. The Morgan fingerprint density at radius 1 is 0.821 bits per heavy atom. The van der Waals surface area contributed by atoms with Crippen molar-refractivity contribution in [2.45, 2.75) is 0 Å². The van der Waals surface area contributed by atoms with Crippen molar-refractivity contribution in [2.75, 3.05) is 10.4 Å². The van der Waals surface area contributed by atoms with Gasteiger partial charge in [-0.1, -0.05) is 36.4 Å². The van der Waals surface area contributed by atoms with Gasteiger partial charge in [-0.25, -0.2) is 0 Å². The molecule has 0 saturated heterocycles. The van der Waals surface area contributed by atoms with Crippen LogP contribution in [0.2, 0.25) is 0 Å². The minimum absolute atomic E-state index is 0.171. The van der Waals surface area contributed by atoms with E-state index in [9.17, 15) is 20.2 Å². The molecule has 0 aliphatic carbocycles. The van der Waals surface area contributed by atoms with E-state index in [1.807, 2.05) is 0 Å². The van der Waals surface area contributed by atoms with Gasteiger partial charge in [-0.15, -0.1) is 0 Å². The van der Waals surface area contributed by atoms with Gasteiger partial charge in [-0.2, -0.15) is 5.26 Å². The van der Waals surface area contributed by atoms with Crippen LogP contribution < -0.4 is 10.4 Å². The van der Waals surface area contributed by atoms with Crippen LogP contribution in [0.15, 0.2) is 72.8 Å². The number of nitrogens with one attached hydrogen (secondary N) is 1. The average Bonchev–Trinajstić information content (AvgIpc) is 2.72. The van der Waals surface area contributed by atoms with Gasteiger partial charge in [0.15, 0.2) is 0 Å². The normalized spacial score (nSPS) is 9.96. The molecule has 3 aromatic carbocycles. The molecule has 9 heteroatoms. The second-order valence-electron chi connectivity index (χ2n) is 5.63. The Morgan fingerprint density at radius 3 is 1.61 bits per heavy atom. The minimum Gasteiger partial charge on any atom is -0.282 e. The molecule has 3 rings (SSSR count). The average molecular weight is 375 g/mol. The monoisotopic (exact) mass is 375 g/mol. The van der Waals surface area contributed by atoms with E-state index in [-0.39, 0.29) is 11.3 Å². The lowest BCUT2D eigenvalue weighted by molar-refractivity contribution is -0.392. The maximum absolute atomic E-state index is 11.5. The topological polar surface area (TPSA) is 125 Å². The standard InChI is InChI=1S/C19H13N5O4/c20-13-14-11-17(23(25)26)19(18(12-14)24(27)28)21-22(15-7-3-1-4-8-15)16-9-5-2-6-10-16/h1-12,21H. The van der Waals surface area contributed by atoms with Crippen molar-refractivity contribution in [3.63, 3.8) is 0 Å². The maximum Gasteiger partial charge on any atom is 0.302 e. The van der Waals surface area contributed by atoms with Crippen molar-refractivity contribution >= 4 is 28.4 Å². The first kappa shape index (κ1) is 18.3. The van der Waals surface area contributed by atoms with Gasteiger partial charge in [0, 0.05) is 12.1 Å². The van der Waals surface area contributed by atoms with E-state index in [0.717, 1.165) is 12.1 Å². The van der Waals surface area contributed by atoms with Crippen LogP contribution in [0.1, 0.15) is 5.56 Å². The van der Waals surface area contributed by atoms with Crippen LogP contribution in [-0.2, 0) is 0 Å². The minimum atomic E-state index is -0.760. The number of rotatable bonds is 6. The maximum atomic E-state index is 11.5. The molecule has 138 valence electrons. The van der Waals surface area contributed by atoms with Crippen LogP contribution in [0.25, 0.3) is 0 Å². The van der Waals surface area contributed by atoms with Crippen molar-refractivity contribution in [3.8, 4) is 6.07 Å². The molecule has 0 aliphatic rings. The van der Waals surface area contributed by atoms with E-state index >= 15 is 0 Å². The van der Waals surface area contributed by atoms with Crippen LogP contribution >= 0.6 is 0 Å². The summed E-state index contributed by atoms with van der Waals surface area (Å²) in [5.41, 5.74) is 2.41. The number of benzene rings is 3. The van der Waals surface area contributed by atoms with Crippen molar-refractivity contribution in [1.29, 1.82) is 5.26 Å². The molecule has 0 aromatic heterocycles. The van der Waals surface area contributed by atoms with Crippen molar-refractivity contribution in [1.82, 2.24) is 0 Å². The van der Waals surface area contributed by atoms with Crippen LogP contribution in [0.5, 0.6) is 0 Å². The lowest BCUT2D eigenvalue weighted by Crippen LogP contribution is -2.25. The van der Waals surface area contributed by atoms with Gasteiger partial charge in [0.2, 0.25) is 5.69 Å². The van der Waals surface area contributed by atoms with Crippen molar-refractivity contribution < 1.29 is 9.85 Å². The van der Waals surface area contributed by atoms with Crippen molar-refractivity contribution in [3.05, 3.63) is 98.6 Å². The Hall–Kier alpha value is -4.45. The van der Waals surface area contributed by atoms with Gasteiger partial charge >= 0.3 is 11.4 Å². The van der Waals surface area contributed by atoms with Gasteiger partial charge in [-0.3, -0.25) is 30.7 Å². The molecule has 0 spiro atoms. The third-order valence-electron chi connectivity index (χ3n) is 3.87. The molecular formula is C19H13N5O4. The molecule has 28 heavy (non-hydrogen) atoms. The van der Waals surface area contributed by atoms with E-state index in [0.29, 0.717) is 11.4 Å². The summed E-state index contributed by atoms with van der Waals surface area (Å²) >= 11 is 0. The first-order valence-electron chi connectivity index (χ1n) is 8.05. The van der Waals surface area contributed by atoms with Gasteiger partial charge in [0.05, 0.1) is 32.9 Å². The zero-order valence-corrected chi connectivity index (χ0v) is 14.4. The second kappa shape index (κ2) is 7.84. The lowest BCUT2D eigenvalue weighted by Gasteiger charge is -2.26. The first-order chi connectivity index (χ1) is 13.5. The Balaban J connectivity index is 2.20. The summed E-state index contributed by atoms with van der Waals surface area (Å²) in [4.78, 5) is 21.5. The van der Waals surface area contributed by atoms with E-state index in [1.165, 1.54) is 5.01 Å². The molecular weight excluding hydrogens is 362 g/mol. The van der Waals surface area contributed by atoms with Crippen LogP contribution in [-0.4, -0.2) is 9.85 Å². The number of anilines is 3. The smallest absolute Gasteiger partial charge is 0.282 e. The molecule has 0 heterocycles. The zero-order chi connectivity index (χ0) is 20.1. The summed E-state index contributed by atoms with van der Waals surface area (Å²) in [5, 5.41) is 33.6. The Kier molecular flexibility index (Phi) is 5.14.